The molecule has 0 amide bonds. The van der Waals surface area contributed by atoms with Crippen LogP contribution >= 0.6 is 0 Å². The molecule has 2 unspecified atom stereocenters. The average molecular weight is 283 g/mol. The number of halogens is 1. The Kier molecular flexibility index (Phi) is 4.27. The fourth-order valence-corrected chi connectivity index (χ4v) is 2.13. The third-order valence-electron chi connectivity index (χ3n) is 3.32. The largest absolute Gasteiger partial charge is 0.389 e. The van der Waals surface area contributed by atoms with Gasteiger partial charge in [0, 0.05) is 36.9 Å². The summed E-state index contributed by atoms with van der Waals surface area (Å²) >= 11 is 0. The minimum Gasteiger partial charge on any atom is -0.389 e. The summed E-state index contributed by atoms with van der Waals surface area (Å²) in [6, 6.07) is 1.64. The van der Waals surface area contributed by atoms with Crippen LogP contribution in [0.4, 0.5) is 10.2 Å². The first-order valence-electron chi connectivity index (χ1n) is 6.77. The van der Waals surface area contributed by atoms with Crippen molar-refractivity contribution in [3.05, 3.63) is 23.6 Å². The molecule has 2 heterocycles. The van der Waals surface area contributed by atoms with E-state index in [1.54, 1.807) is 17.2 Å². The van der Waals surface area contributed by atoms with Crippen LogP contribution in [0, 0.1) is 5.82 Å². The van der Waals surface area contributed by atoms with E-state index >= 15 is 0 Å². The van der Waals surface area contributed by atoms with Crippen LogP contribution in [-0.2, 0) is 6.54 Å². The molecule has 1 aromatic rings. The lowest BCUT2D eigenvalue weighted by Gasteiger charge is -2.22. The van der Waals surface area contributed by atoms with E-state index in [2.05, 4.69) is 10.3 Å². The highest BCUT2D eigenvalue weighted by Crippen LogP contribution is 2.24. The minimum absolute atomic E-state index is 0.101. The van der Waals surface area contributed by atoms with Crippen molar-refractivity contribution < 1.29 is 14.6 Å². The van der Waals surface area contributed by atoms with Crippen molar-refractivity contribution in [3.8, 4) is 0 Å². The molecule has 20 heavy (non-hydrogen) atoms. The van der Waals surface area contributed by atoms with E-state index in [1.165, 1.54) is 0 Å². The van der Waals surface area contributed by atoms with Gasteiger partial charge in [-0.05, 0) is 26.8 Å². The van der Waals surface area contributed by atoms with Crippen molar-refractivity contribution in [2.45, 2.75) is 45.1 Å². The molecule has 0 saturated carbocycles. The molecule has 5 nitrogen and oxygen atoms in total. The lowest BCUT2D eigenvalue weighted by atomic mass is 10.1. The number of aliphatic hydroxyl groups is 2. The molecule has 0 aromatic carbocycles. The summed E-state index contributed by atoms with van der Waals surface area (Å²) in [6.07, 6.45) is -0.157. The Bertz CT molecular complexity index is 466. The highest BCUT2D eigenvalue weighted by molar-refractivity contribution is 5.45. The van der Waals surface area contributed by atoms with Crippen LogP contribution in [0.25, 0.3) is 0 Å². The number of rotatable bonds is 3. The number of aliphatic hydroxyl groups excluding tert-OH is 2. The standard InChI is InChI=1S/C14H22FN3O2/c1-14(2,3)17-6-9-4-5-16-13(12(9)15)18-7-10(19)11(20)8-18/h4-5,10-11,17,19-20H,6-8H2,1-3H3. The Labute approximate surface area is 118 Å². The fourth-order valence-electron chi connectivity index (χ4n) is 2.13. The summed E-state index contributed by atoms with van der Waals surface area (Å²) in [5, 5.41) is 22.3. The van der Waals surface area contributed by atoms with Crippen LogP contribution < -0.4 is 10.2 Å². The zero-order valence-corrected chi connectivity index (χ0v) is 12.1. The van der Waals surface area contributed by atoms with Crippen molar-refractivity contribution in [2.75, 3.05) is 18.0 Å². The van der Waals surface area contributed by atoms with Gasteiger partial charge < -0.3 is 20.4 Å². The van der Waals surface area contributed by atoms with Gasteiger partial charge in [-0.1, -0.05) is 0 Å². The third kappa shape index (κ3) is 3.45. The Morgan fingerprint density at radius 2 is 1.95 bits per heavy atom. The lowest BCUT2D eigenvalue weighted by molar-refractivity contribution is 0.0572. The molecule has 0 spiro atoms. The maximum atomic E-state index is 14.4. The van der Waals surface area contributed by atoms with Crippen LogP contribution in [0.2, 0.25) is 0 Å². The summed E-state index contributed by atoms with van der Waals surface area (Å²) in [4.78, 5) is 5.61. The van der Waals surface area contributed by atoms with Crippen molar-refractivity contribution in [1.29, 1.82) is 0 Å². The average Bonchev–Trinajstić information content (AvgIpc) is 2.67. The summed E-state index contributed by atoms with van der Waals surface area (Å²) in [5.41, 5.74) is 0.427. The van der Waals surface area contributed by atoms with Crippen molar-refractivity contribution >= 4 is 5.82 Å². The van der Waals surface area contributed by atoms with Gasteiger partial charge in [-0.25, -0.2) is 9.37 Å². The zero-order chi connectivity index (χ0) is 14.9. The summed E-state index contributed by atoms with van der Waals surface area (Å²) in [5.74, 6) is -0.209. The van der Waals surface area contributed by atoms with Crippen molar-refractivity contribution in [3.63, 3.8) is 0 Å². The molecule has 0 radical (unpaired) electrons. The number of nitrogens with zero attached hydrogens (tertiary/aromatic N) is 2. The van der Waals surface area contributed by atoms with Crippen LogP contribution in [0.5, 0.6) is 0 Å². The van der Waals surface area contributed by atoms with Crippen LogP contribution in [0.3, 0.4) is 0 Å². The van der Waals surface area contributed by atoms with Crippen LogP contribution in [0.15, 0.2) is 12.3 Å². The second-order valence-electron chi connectivity index (χ2n) is 6.25. The normalized spacial score (nSPS) is 23.4. The Morgan fingerprint density at radius 3 is 2.50 bits per heavy atom. The molecule has 0 bridgehead atoms. The van der Waals surface area contributed by atoms with Gasteiger partial charge in [0.1, 0.15) is 0 Å². The first kappa shape index (κ1) is 15.2. The molecule has 3 N–H and O–H groups in total. The summed E-state index contributed by atoms with van der Waals surface area (Å²) < 4.78 is 14.4. The molecule has 0 aliphatic carbocycles. The third-order valence-corrected chi connectivity index (χ3v) is 3.32. The molecule has 6 heteroatoms. The van der Waals surface area contributed by atoms with Crippen LogP contribution in [-0.4, -0.2) is 46.0 Å². The van der Waals surface area contributed by atoms with E-state index in [0.29, 0.717) is 12.1 Å². The van der Waals surface area contributed by atoms with E-state index in [1.807, 2.05) is 20.8 Å². The lowest BCUT2D eigenvalue weighted by Crippen LogP contribution is -2.35. The Hall–Kier alpha value is -1.24. The van der Waals surface area contributed by atoms with Gasteiger partial charge in [-0.2, -0.15) is 0 Å². The van der Waals surface area contributed by atoms with Gasteiger partial charge in [-0.15, -0.1) is 0 Å². The first-order valence-corrected chi connectivity index (χ1v) is 6.77. The second-order valence-corrected chi connectivity index (χ2v) is 6.25. The van der Waals surface area contributed by atoms with Crippen molar-refractivity contribution in [2.24, 2.45) is 0 Å². The van der Waals surface area contributed by atoms with Gasteiger partial charge in [0.05, 0.1) is 12.2 Å². The molecule has 1 fully saturated rings. The van der Waals surface area contributed by atoms with Gasteiger partial charge in [0.2, 0.25) is 0 Å². The quantitative estimate of drug-likeness (QED) is 0.760. The molecule has 112 valence electrons. The maximum absolute atomic E-state index is 14.4. The van der Waals surface area contributed by atoms with E-state index in [0.717, 1.165) is 0 Å². The molecule has 2 atom stereocenters. The molecule has 1 aliphatic rings. The summed E-state index contributed by atoms with van der Waals surface area (Å²) in [6.45, 7) is 6.84. The maximum Gasteiger partial charge on any atom is 0.170 e. The monoisotopic (exact) mass is 283 g/mol. The number of pyridine rings is 1. The van der Waals surface area contributed by atoms with E-state index in [-0.39, 0.29) is 24.4 Å². The molecular formula is C14H22FN3O2. The molecule has 2 rings (SSSR count). The molecule has 1 aliphatic heterocycles. The van der Waals surface area contributed by atoms with Gasteiger partial charge >= 0.3 is 0 Å². The molecular weight excluding hydrogens is 261 g/mol. The highest BCUT2D eigenvalue weighted by Gasteiger charge is 2.32. The first-order chi connectivity index (χ1) is 9.28. The van der Waals surface area contributed by atoms with E-state index in [4.69, 9.17) is 0 Å². The number of hydrogen-bond donors (Lipinski definition) is 3. The number of β-amino-alcohol motifs (C(OH)–C–C–N with tert-alkyl or cyclic N) is 2. The molecule has 1 aromatic heterocycles. The van der Waals surface area contributed by atoms with E-state index in [9.17, 15) is 14.6 Å². The Morgan fingerprint density at radius 1 is 1.35 bits per heavy atom. The SMILES string of the molecule is CC(C)(C)NCc1ccnc(N2CC(O)C(O)C2)c1F. The number of aromatic nitrogens is 1. The second kappa shape index (κ2) is 5.63. The highest BCUT2D eigenvalue weighted by atomic mass is 19.1. The number of anilines is 1. The number of hydrogen-bond acceptors (Lipinski definition) is 5. The van der Waals surface area contributed by atoms with Gasteiger partial charge in [0.15, 0.2) is 11.6 Å². The minimum atomic E-state index is -0.854. The number of nitrogens with one attached hydrogen (secondary N) is 1. The molecule has 1 saturated heterocycles. The zero-order valence-electron chi connectivity index (χ0n) is 12.1. The Balaban J connectivity index is 2.15. The van der Waals surface area contributed by atoms with Crippen LogP contribution in [0.1, 0.15) is 26.3 Å². The van der Waals surface area contributed by atoms with E-state index < -0.39 is 18.0 Å². The smallest absolute Gasteiger partial charge is 0.170 e. The van der Waals surface area contributed by atoms with Crippen molar-refractivity contribution in [1.82, 2.24) is 10.3 Å². The van der Waals surface area contributed by atoms with Gasteiger partial charge in [-0.3, -0.25) is 0 Å². The predicted octanol–water partition coefficient (Wildman–Crippen LogP) is 0.651. The fraction of sp³-hybridized carbons (Fsp3) is 0.643. The predicted molar refractivity (Wildman–Crippen MR) is 75.0 cm³/mol. The summed E-state index contributed by atoms with van der Waals surface area (Å²) in [7, 11) is 0. The topological polar surface area (TPSA) is 68.6 Å². The van der Waals surface area contributed by atoms with Gasteiger partial charge in [0.25, 0.3) is 0 Å².